The largest absolute Gasteiger partial charge is 0.370 e. The minimum absolute atomic E-state index is 0.0206. The summed E-state index contributed by atoms with van der Waals surface area (Å²) in [6.07, 6.45) is 0. The Balaban J connectivity index is 1.82. The van der Waals surface area contributed by atoms with Crippen LogP contribution in [-0.2, 0) is 10.5 Å². The molecule has 4 N–H and O–H groups in total. The van der Waals surface area contributed by atoms with E-state index >= 15 is 0 Å². The highest BCUT2D eigenvalue weighted by atomic mass is 19.1. The fourth-order valence-corrected chi connectivity index (χ4v) is 3.02. The van der Waals surface area contributed by atoms with E-state index in [0.29, 0.717) is 11.3 Å². The lowest BCUT2D eigenvalue weighted by Gasteiger charge is -2.26. The van der Waals surface area contributed by atoms with Crippen molar-refractivity contribution >= 4 is 29.2 Å². The number of likely N-dealkylation sites (N-methyl/N-ethyl adjacent to an activating group) is 1. The van der Waals surface area contributed by atoms with E-state index in [-0.39, 0.29) is 23.5 Å². The number of nitrogens with one attached hydrogen (secondary N) is 2. The zero-order valence-corrected chi connectivity index (χ0v) is 13.3. The number of carbonyl (C=O) groups is 1. The fraction of sp³-hybridized carbons (Fsp3) is 0.118. The Labute approximate surface area is 143 Å². The normalized spacial score (nSPS) is 21.5. The lowest BCUT2D eigenvalue weighted by atomic mass is 10.0. The molecule has 1 spiro atoms. The molecule has 2 aromatic carbocycles. The Morgan fingerprint density at radius 1 is 1.16 bits per heavy atom. The smallest absolute Gasteiger partial charge is 0.282 e. The molecule has 8 heteroatoms. The zero-order valence-electron chi connectivity index (χ0n) is 13.3. The van der Waals surface area contributed by atoms with Crippen LogP contribution in [0.25, 0.3) is 0 Å². The van der Waals surface area contributed by atoms with Gasteiger partial charge in [-0.1, -0.05) is 30.3 Å². The summed E-state index contributed by atoms with van der Waals surface area (Å²) in [4.78, 5) is 23.1. The third kappa shape index (κ3) is 2.22. The number of benzene rings is 2. The van der Waals surface area contributed by atoms with E-state index in [1.807, 2.05) is 12.1 Å². The molecule has 4 rings (SSSR count). The highest BCUT2D eigenvalue weighted by Crippen LogP contribution is 2.43. The maximum Gasteiger partial charge on any atom is 0.282 e. The van der Waals surface area contributed by atoms with Crippen LogP contribution in [0.1, 0.15) is 5.56 Å². The molecule has 126 valence electrons. The fourth-order valence-electron chi connectivity index (χ4n) is 3.02. The molecule has 2 heterocycles. The van der Waals surface area contributed by atoms with Gasteiger partial charge in [0.05, 0.1) is 11.4 Å². The number of hydrogen-bond donors (Lipinski definition) is 3. The molecule has 2 aliphatic rings. The molecular formula is C17H15FN6O. The first-order valence-corrected chi connectivity index (χ1v) is 7.63. The van der Waals surface area contributed by atoms with Gasteiger partial charge in [0.15, 0.2) is 5.96 Å². The van der Waals surface area contributed by atoms with Gasteiger partial charge in [-0.05, 0) is 18.2 Å². The molecule has 7 nitrogen and oxygen atoms in total. The molecule has 0 saturated heterocycles. The number of rotatable bonds is 1. The highest BCUT2D eigenvalue weighted by molar-refractivity contribution is 6.14. The van der Waals surface area contributed by atoms with Gasteiger partial charge in [0.2, 0.25) is 5.96 Å². The van der Waals surface area contributed by atoms with Gasteiger partial charge >= 0.3 is 0 Å². The summed E-state index contributed by atoms with van der Waals surface area (Å²) in [6, 6.07) is 13.4. The van der Waals surface area contributed by atoms with Gasteiger partial charge in [-0.25, -0.2) is 14.4 Å². The Morgan fingerprint density at radius 2 is 1.88 bits per heavy atom. The van der Waals surface area contributed by atoms with Crippen molar-refractivity contribution in [3.05, 3.63) is 59.9 Å². The van der Waals surface area contributed by atoms with E-state index in [2.05, 4.69) is 20.6 Å². The van der Waals surface area contributed by atoms with E-state index < -0.39 is 11.5 Å². The molecule has 2 aromatic rings. The van der Waals surface area contributed by atoms with Gasteiger partial charge in [0.25, 0.3) is 11.6 Å². The van der Waals surface area contributed by atoms with Gasteiger partial charge in [-0.15, -0.1) is 0 Å². The first-order chi connectivity index (χ1) is 12.0. The van der Waals surface area contributed by atoms with Crippen molar-refractivity contribution in [2.24, 2.45) is 15.7 Å². The van der Waals surface area contributed by atoms with E-state index in [1.54, 1.807) is 37.4 Å². The molecule has 0 radical (unpaired) electrons. The summed E-state index contributed by atoms with van der Waals surface area (Å²) in [5, 5.41) is 5.57. The number of fused-ring (bicyclic) bond motifs is 2. The lowest BCUT2D eigenvalue weighted by Crippen LogP contribution is -2.50. The number of anilines is 2. The minimum atomic E-state index is -1.51. The van der Waals surface area contributed by atoms with E-state index in [1.165, 1.54) is 11.0 Å². The number of para-hydroxylation sites is 2. The SMILES string of the molecule is CN1C(=O)[C@@]2(N=C(N)NC(Nc3ccccc3F)=N2)c2ccccc21. The lowest BCUT2D eigenvalue weighted by molar-refractivity contribution is -0.122. The molecule has 25 heavy (non-hydrogen) atoms. The third-order valence-electron chi connectivity index (χ3n) is 4.17. The summed E-state index contributed by atoms with van der Waals surface area (Å²) in [5.41, 5.74) is 5.93. The standard InChI is InChI=1S/C17H15FN6O/c1-24-13-9-5-2-6-10(13)17(14(24)25)22-15(19)21-16(23-17)20-12-8-4-3-7-11(12)18/h2-9H,1H3,(H4,19,20,21,22,23)/t17-/m1/s1. The summed E-state index contributed by atoms with van der Waals surface area (Å²) in [7, 11) is 1.66. The van der Waals surface area contributed by atoms with Crippen molar-refractivity contribution in [2.75, 3.05) is 17.3 Å². The first kappa shape index (κ1) is 15.1. The number of nitrogens with zero attached hydrogens (tertiary/aromatic N) is 3. The molecule has 0 fully saturated rings. The van der Waals surface area contributed by atoms with Crippen LogP contribution >= 0.6 is 0 Å². The number of guanidine groups is 2. The van der Waals surface area contributed by atoms with Gasteiger partial charge in [0, 0.05) is 12.6 Å². The van der Waals surface area contributed by atoms with Crippen LogP contribution < -0.4 is 21.3 Å². The molecule has 0 aliphatic carbocycles. The van der Waals surface area contributed by atoms with Crippen LogP contribution in [0, 0.1) is 5.82 Å². The molecule has 2 aliphatic heterocycles. The Kier molecular flexibility index (Phi) is 3.21. The second kappa shape index (κ2) is 5.30. The van der Waals surface area contributed by atoms with Gasteiger partial charge in [0.1, 0.15) is 5.82 Å². The van der Waals surface area contributed by atoms with Crippen LogP contribution in [0.4, 0.5) is 15.8 Å². The molecule has 1 amide bonds. The monoisotopic (exact) mass is 338 g/mol. The number of halogens is 1. The van der Waals surface area contributed by atoms with Gasteiger partial charge in [-0.3, -0.25) is 10.1 Å². The summed E-state index contributed by atoms with van der Waals surface area (Å²) in [6.45, 7) is 0. The average molecular weight is 338 g/mol. The number of carbonyl (C=O) groups excluding carboxylic acids is 1. The minimum Gasteiger partial charge on any atom is -0.370 e. The highest BCUT2D eigenvalue weighted by Gasteiger charge is 2.52. The van der Waals surface area contributed by atoms with Crippen molar-refractivity contribution in [1.82, 2.24) is 5.32 Å². The Hall–Kier alpha value is -3.42. The van der Waals surface area contributed by atoms with Crippen LogP contribution in [0.2, 0.25) is 0 Å². The quantitative estimate of drug-likeness (QED) is 0.731. The maximum atomic E-state index is 13.9. The third-order valence-corrected chi connectivity index (χ3v) is 4.17. The van der Waals surface area contributed by atoms with E-state index in [0.717, 1.165) is 0 Å². The van der Waals surface area contributed by atoms with Crippen molar-refractivity contribution < 1.29 is 9.18 Å². The van der Waals surface area contributed by atoms with Crippen molar-refractivity contribution in [3.63, 3.8) is 0 Å². The van der Waals surface area contributed by atoms with Crippen LogP contribution in [0.15, 0.2) is 58.5 Å². The average Bonchev–Trinajstić information content (AvgIpc) is 2.79. The Morgan fingerprint density at radius 3 is 2.68 bits per heavy atom. The van der Waals surface area contributed by atoms with Gasteiger partial charge < -0.3 is 16.0 Å². The second-order valence-electron chi connectivity index (χ2n) is 5.74. The first-order valence-electron chi connectivity index (χ1n) is 7.63. The van der Waals surface area contributed by atoms with Gasteiger partial charge in [-0.2, -0.15) is 0 Å². The van der Waals surface area contributed by atoms with E-state index in [4.69, 9.17) is 5.73 Å². The molecular weight excluding hydrogens is 323 g/mol. The molecule has 0 aromatic heterocycles. The second-order valence-corrected chi connectivity index (χ2v) is 5.74. The van der Waals surface area contributed by atoms with Crippen molar-refractivity contribution in [2.45, 2.75) is 5.66 Å². The number of hydrogen-bond acceptors (Lipinski definition) is 6. The maximum absolute atomic E-state index is 13.9. The predicted molar refractivity (Wildman–Crippen MR) is 93.7 cm³/mol. The number of nitrogens with two attached hydrogens (primary N) is 1. The summed E-state index contributed by atoms with van der Waals surface area (Å²) >= 11 is 0. The van der Waals surface area contributed by atoms with E-state index in [9.17, 15) is 9.18 Å². The summed E-state index contributed by atoms with van der Waals surface area (Å²) < 4.78 is 13.9. The van der Waals surface area contributed by atoms with Crippen molar-refractivity contribution in [1.29, 1.82) is 0 Å². The predicted octanol–water partition coefficient (Wildman–Crippen LogP) is 1.34. The molecule has 0 unspecified atom stereocenters. The number of aliphatic imine (C=N–C) groups is 2. The van der Waals surface area contributed by atoms with Crippen LogP contribution in [-0.4, -0.2) is 24.9 Å². The summed E-state index contributed by atoms with van der Waals surface area (Å²) in [5.74, 6) is -0.605. The molecule has 0 saturated carbocycles. The topological polar surface area (TPSA) is 95.1 Å². The Bertz CT molecular complexity index is 940. The molecule has 0 bridgehead atoms. The molecule has 1 atom stereocenters. The zero-order chi connectivity index (χ0) is 17.6. The van der Waals surface area contributed by atoms with Crippen molar-refractivity contribution in [3.8, 4) is 0 Å². The van der Waals surface area contributed by atoms with Crippen LogP contribution in [0.3, 0.4) is 0 Å². The van der Waals surface area contributed by atoms with Crippen LogP contribution in [0.5, 0.6) is 0 Å². The number of amides is 1.